The fraction of sp³-hybridized carbons (Fsp3) is 1.00. The molecule has 3 nitrogen and oxygen atoms in total. The summed E-state index contributed by atoms with van der Waals surface area (Å²) in [6.45, 7) is 5.10. The third-order valence-corrected chi connectivity index (χ3v) is 3.33. The summed E-state index contributed by atoms with van der Waals surface area (Å²) in [6.07, 6.45) is 5.33. The first kappa shape index (κ1) is 12.9. The van der Waals surface area contributed by atoms with Gasteiger partial charge in [-0.1, -0.05) is 0 Å². The van der Waals surface area contributed by atoms with Crippen molar-refractivity contribution in [2.45, 2.75) is 31.7 Å². The Morgan fingerprint density at radius 1 is 1.20 bits per heavy atom. The van der Waals surface area contributed by atoms with Crippen molar-refractivity contribution in [2.24, 2.45) is 0 Å². The maximum atomic E-state index is 3.37. The van der Waals surface area contributed by atoms with Crippen LogP contribution in [0.15, 0.2) is 0 Å². The molecule has 90 valence electrons. The van der Waals surface area contributed by atoms with Crippen LogP contribution in [0, 0.1) is 0 Å². The van der Waals surface area contributed by atoms with E-state index in [0.29, 0.717) is 0 Å². The van der Waals surface area contributed by atoms with Crippen LogP contribution in [0.25, 0.3) is 0 Å². The summed E-state index contributed by atoms with van der Waals surface area (Å²) in [4.78, 5) is 4.89. The molecule has 0 aliphatic carbocycles. The number of hydrogen-bond donors (Lipinski definition) is 1. The van der Waals surface area contributed by atoms with E-state index in [-0.39, 0.29) is 0 Å². The second-order valence-corrected chi connectivity index (χ2v) is 4.91. The number of nitrogens with zero attached hydrogens (tertiary/aromatic N) is 2. The maximum Gasteiger partial charge on any atom is 0.00884 e. The molecule has 0 saturated carbocycles. The van der Waals surface area contributed by atoms with Crippen molar-refractivity contribution in [3.63, 3.8) is 0 Å². The first-order valence-corrected chi connectivity index (χ1v) is 6.26. The lowest BCUT2D eigenvalue weighted by atomic mass is 10.1. The minimum absolute atomic E-state index is 0.767. The van der Waals surface area contributed by atoms with Gasteiger partial charge >= 0.3 is 0 Å². The van der Waals surface area contributed by atoms with E-state index in [1.165, 1.54) is 51.9 Å². The molecule has 1 aliphatic heterocycles. The molecule has 1 aliphatic rings. The molecule has 0 spiro atoms. The lowest BCUT2D eigenvalue weighted by molar-refractivity contribution is 0.196. The highest BCUT2D eigenvalue weighted by atomic mass is 15.1. The predicted molar refractivity (Wildman–Crippen MR) is 66.3 cm³/mol. The highest BCUT2D eigenvalue weighted by molar-refractivity contribution is 4.75. The predicted octanol–water partition coefficient (Wildman–Crippen LogP) is 1.01. The van der Waals surface area contributed by atoms with Gasteiger partial charge in [-0.2, -0.15) is 0 Å². The number of piperidine rings is 1. The van der Waals surface area contributed by atoms with Crippen LogP contribution in [0.5, 0.6) is 0 Å². The Balaban J connectivity index is 1.99. The Hall–Kier alpha value is -0.120. The van der Waals surface area contributed by atoms with Crippen LogP contribution in [0.1, 0.15) is 25.7 Å². The average molecular weight is 213 g/mol. The normalized spacial score (nSPS) is 20.0. The Kier molecular flexibility index (Phi) is 6.22. The first-order valence-electron chi connectivity index (χ1n) is 6.26. The molecule has 0 bridgehead atoms. The van der Waals surface area contributed by atoms with Crippen LogP contribution in [0.2, 0.25) is 0 Å². The van der Waals surface area contributed by atoms with Gasteiger partial charge in [-0.3, -0.25) is 0 Å². The van der Waals surface area contributed by atoms with Gasteiger partial charge in [0, 0.05) is 6.04 Å². The van der Waals surface area contributed by atoms with Gasteiger partial charge in [0.05, 0.1) is 0 Å². The van der Waals surface area contributed by atoms with Crippen LogP contribution in [0.4, 0.5) is 0 Å². The van der Waals surface area contributed by atoms with E-state index in [4.69, 9.17) is 0 Å². The fourth-order valence-corrected chi connectivity index (χ4v) is 2.21. The van der Waals surface area contributed by atoms with Gasteiger partial charge in [0.2, 0.25) is 0 Å². The second-order valence-electron chi connectivity index (χ2n) is 4.91. The zero-order valence-corrected chi connectivity index (χ0v) is 10.6. The Bertz CT molecular complexity index is 151. The molecule has 0 unspecified atom stereocenters. The number of nitrogens with one attached hydrogen (secondary N) is 1. The Morgan fingerprint density at radius 3 is 2.40 bits per heavy atom. The molecule has 15 heavy (non-hydrogen) atoms. The topological polar surface area (TPSA) is 18.5 Å². The first-order chi connectivity index (χ1) is 7.22. The van der Waals surface area contributed by atoms with Crippen molar-refractivity contribution in [3.8, 4) is 0 Å². The molecule has 0 aromatic carbocycles. The highest BCUT2D eigenvalue weighted by Crippen LogP contribution is 2.10. The van der Waals surface area contributed by atoms with E-state index >= 15 is 0 Å². The fourth-order valence-electron chi connectivity index (χ4n) is 2.21. The minimum Gasteiger partial charge on any atom is -0.317 e. The Labute approximate surface area is 94.8 Å². The molecule has 1 rings (SSSR count). The van der Waals surface area contributed by atoms with Gasteiger partial charge < -0.3 is 15.1 Å². The van der Waals surface area contributed by atoms with Gasteiger partial charge in [-0.15, -0.1) is 0 Å². The van der Waals surface area contributed by atoms with Crippen LogP contribution < -0.4 is 5.32 Å². The molecule has 1 N–H and O–H groups in total. The van der Waals surface area contributed by atoms with Crippen molar-refractivity contribution in [1.29, 1.82) is 0 Å². The second kappa shape index (κ2) is 7.20. The van der Waals surface area contributed by atoms with E-state index in [9.17, 15) is 0 Å². The summed E-state index contributed by atoms with van der Waals surface area (Å²) in [5.41, 5.74) is 0. The summed E-state index contributed by atoms with van der Waals surface area (Å²) in [7, 11) is 6.38. The molecule has 1 fully saturated rings. The van der Waals surface area contributed by atoms with Gasteiger partial charge in [-0.05, 0) is 73.0 Å². The molecule has 0 aromatic heterocycles. The van der Waals surface area contributed by atoms with Crippen molar-refractivity contribution in [3.05, 3.63) is 0 Å². The highest BCUT2D eigenvalue weighted by Gasteiger charge is 2.16. The van der Waals surface area contributed by atoms with Crippen molar-refractivity contribution in [2.75, 3.05) is 47.3 Å². The maximum absolute atomic E-state index is 3.37. The largest absolute Gasteiger partial charge is 0.317 e. The van der Waals surface area contributed by atoms with Gasteiger partial charge in [0.15, 0.2) is 0 Å². The molecule has 1 saturated heterocycles. The average Bonchev–Trinajstić information content (AvgIpc) is 2.25. The molecule has 0 atom stereocenters. The number of rotatable bonds is 6. The molecule has 0 aromatic rings. The molecular formula is C12H27N3. The van der Waals surface area contributed by atoms with E-state index in [2.05, 4.69) is 36.3 Å². The van der Waals surface area contributed by atoms with Crippen LogP contribution >= 0.6 is 0 Å². The lowest BCUT2D eigenvalue weighted by Gasteiger charge is -2.31. The van der Waals surface area contributed by atoms with Gasteiger partial charge in [0.25, 0.3) is 0 Å². The van der Waals surface area contributed by atoms with Crippen LogP contribution in [-0.2, 0) is 0 Å². The van der Waals surface area contributed by atoms with Gasteiger partial charge in [0.1, 0.15) is 0 Å². The summed E-state index contributed by atoms with van der Waals surface area (Å²) >= 11 is 0. The lowest BCUT2D eigenvalue weighted by Crippen LogP contribution is -2.41. The zero-order chi connectivity index (χ0) is 11.1. The minimum atomic E-state index is 0.767. The standard InChI is InChI=1S/C12H27N3/c1-13-12-6-10-15(11-7-12)9-5-4-8-14(2)3/h12-13H,4-11H2,1-3H3. The summed E-state index contributed by atoms with van der Waals surface area (Å²) in [5, 5.41) is 3.37. The molecule has 0 amide bonds. The SMILES string of the molecule is CNC1CCN(CCCCN(C)C)CC1. The van der Waals surface area contributed by atoms with Gasteiger partial charge in [-0.25, -0.2) is 0 Å². The van der Waals surface area contributed by atoms with E-state index in [1.807, 2.05) is 0 Å². The van der Waals surface area contributed by atoms with Crippen molar-refractivity contribution >= 4 is 0 Å². The number of unbranched alkanes of at least 4 members (excludes halogenated alkanes) is 1. The molecule has 3 heteroatoms. The zero-order valence-electron chi connectivity index (χ0n) is 10.6. The quantitative estimate of drug-likeness (QED) is 0.664. The number of likely N-dealkylation sites (tertiary alicyclic amines) is 1. The smallest absolute Gasteiger partial charge is 0.00884 e. The summed E-state index contributed by atoms with van der Waals surface area (Å²) in [5.74, 6) is 0. The van der Waals surface area contributed by atoms with Crippen molar-refractivity contribution in [1.82, 2.24) is 15.1 Å². The summed E-state index contributed by atoms with van der Waals surface area (Å²) < 4.78 is 0. The summed E-state index contributed by atoms with van der Waals surface area (Å²) in [6, 6.07) is 0.767. The molecule has 0 radical (unpaired) electrons. The monoisotopic (exact) mass is 213 g/mol. The molecular weight excluding hydrogens is 186 g/mol. The van der Waals surface area contributed by atoms with Crippen LogP contribution in [-0.4, -0.2) is 63.2 Å². The third kappa shape index (κ3) is 5.50. The van der Waals surface area contributed by atoms with E-state index in [1.54, 1.807) is 0 Å². The third-order valence-electron chi connectivity index (χ3n) is 3.33. The molecule has 1 heterocycles. The van der Waals surface area contributed by atoms with Crippen molar-refractivity contribution < 1.29 is 0 Å². The van der Waals surface area contributed by atoms with E-state index < -0.39 is 0 Å². The number of hydrogen-bond acceptors (Lipinski definition) is 3. The van der Waals surface area contributed by atoms with E-state index in [0.717, 1.165) is 6.04 Å². The Morgan fingerprint density at radius 2 is 1.87 bits per heavy atom. The van der Waals surface area contributed by atoms with Crippen LogP contribution in [0.3, 0.4) is 0 Å².